The second-order valence-corrected chi connectivity index (χ2v) is 9.03. The second-order valence-electron chi connectivity index (χ2n) is 7.09. The molecule has 0 saturated carbocycles. The van der Waals surface area contributed by atoms with Crippen LogP contribution in [0, 0.1) is 6.92 Å². The topological polar surface area (TPSA) is 64.2 Å². The van der Waals surface area contributed by atoms with Gasteiger partial charge in [0.25, 0.3) is 0 Å². The molecular formula is C22H20N4O2S2. The van der Waals surface area contributed by atoms with Crippen LogP contribution in [-0.4, -0.2) is 37.9 Å². The van der Waals surface area contributed by atoms with Crippen molar-refractivity contribution in [2.75, 3.05) is 12.3 Å². The quantitative estimate of drug-likeness (QED) is 0.429. The molecule has 4 heterocycles. The third kappa shape index (κ3) is 3.57. The smallest absolute Gasteiger partial charge is 0.233 e. The van der Waals surface area contributed by atoms with Crippen molar-refractivity contribution in [1.29, 1.82) is 0 Å². The number of benzene rings is 1. The molecule has 1 aromatic carbocycles. The van der Waals surface area contributed by atoms with Gasteiger partial charge in [-0.15, -0.1) is 21.5 Å². The Morgan fingerprint density at radius 3 is 2.87 bits per heavy atom. The molecular weight excluding hydrogens is 416 g/mol. The van der Waals surface area contributed by atoms with Gasteiger partial charge in [0.2, 0.25) is 5.91 Å². The first-order valence-corrected chi connectivity index (χ1v) is 11.6. The van der Waals surface area contributed by atoms with Crippen molar-refractivity contribution in [2.45, 2.75) is 25.0 Å². The highest BCUT2D eigenvalue weighted by atomic mass is 32.2. The first kappa shape index (κ1) is 19.1. The van der Waals surface area contributed by atoms with E-state index < -0.39 is 0 Å². The predicted molar refractivity (Wildman–Crippen MR) is 118 cm³/mol. The van der Waals surface area contributed by atoms with Crippen LogP contribution in [-0.2, 0) is 17.8 Å². The van der Waals surface area contributed by atoms with Gasteiger partial charge in [0.05, 0.1) is 17.6 Å². The van der Waals surface area contributed by atoms with Gasteiger partial charge in [0.1, 0.15) is 5.76 Å². The number of amides is 1. The number of carbonyl (C=O) groups is 1. The van der Waals surface area contributed by atoms with E-state index in [2.05, 4.69) is 21.6 Å². The zero-order valence-electron chi connectivity index (χ0n) is 16.4. The van der Waals surface area contributed by atoms with Crippen molar-refractivity contribution in [3.05, 3.63) is 70.3 Å². The summed E-state index contributed by atoms with van der Waals surface area (Å²) in [5.74, 6) is 1.95. The number of hydrogen-bond acceptors (Lipinski definition) is 6. The van der Waals surface area contributed by atoms with Gasteiger partial charge in [-0.1, -0.05) is 30.0 Å². The van der Waals surface area contributed by atoms with Crippen molar-refractivity contribution < 1.29 is 9.21 Å². The molecule has 0 radical (unpaired) electrons. The lowest BCUT2D eigenvalue weighted by Crippen LogP contribution is -2.36. The van der Waals surface area contributed by atoms with E-state index >= 15 is 0 Å². The number of para-hydroxylation sites is 1. The number of aryl methyl sites for hydroxylation is 1. The van der Waals surface area contributed by atoms with Crippen molar-refractivity contribution in [3.63, 3.8) is 0 Å². The lowest BCUT2D eigenvalue weighted by molar-refractivity contribution is -0.129. The first-order chi connectivity index (χ1) is 14.7. The minimum atomic E-state index is 0.125. The summed E-state index contributed by atoms with van der Waals surface area (Å²) in [5, 5.41) is 11.6. The highest BCUT2D eigenvalue weighted by Gasteiger charge is 2.24. The summed E-state index contributed by atoms with van der Waals surface area (Å²) in [5.41, 5.74) is 3.12. The van der Waals surface area contributed by atoms with Crippen LogP contribution in [0.5, 0.6) is 0 Å². The van der Waals surface area contributed by atoms with Crippen LogP contribution >= 0.6 is 23.1 Å². The fourth-order valence-electron chi connectivity index (χ4n) is 3.64. The van der Waals surface area contributed by atoms with E-state index in [0.717, 1.165) is 30.0 Å². The molecule has 6 nitrogen and oxygen atoms in total. The Balaban J connectivity index is 1.39. The van der Waals surface area contributed by atoms with Crippen LogP contribution in [0.3, 0.4) is 0 Å². The summed E-state index contributed by atoms with van der Waals surface area (Å²) >= 11 is 3.20. The van der Waals surface area contributed by atoms with Gasteiger partial charge in [-0.05, 0) is 48.6 Å². The maximum Gasteiger partial charge on any atom is 0.233 e. The summed E-state index contributed by atoms with van der Waals surface area (Å²) in [6.07, 6.45) is 2.59. The molecule has 1 aliphatic rings. The number of thioether (sulfide) groups is 1. The molecule has 152 valence electrons. The van der Waals surface area contributed by atoms with E-state index in [1.807, 2.05) is 52.8 Å². The van der Waals surface area contributed by atoms with Crippen molar-refractivity contribution in [1.82, 2.24) is 19.7 Å². The highest BCUT2D eigenvalue weighted by Crippen LogP contribution is 2.31. The molecule has 1 amide bonds. The maximum atomic E-state index is 12.9. The van der Waals surface area contributed by atoms with Crippen LogP contribution in [0.15, 0.2) is 63.7 Å². The van der Waals surface area contributed by atoms with Gasteiger partial charge >= 0.3 is 0 Å². The number of fused-ring (bicyclic) bond motifs is 1. The molecule has 30 heavy (non-hydrogen) atoms. The molecule has 0 unspecified atom stereocenters. The Kier molecular flexibility index (Phi) is 5.18. The Hall–Kier alpha value is -2.84. The lowest BCUT2D eigenvalue weighted by Gasteiger charge is -2.26. The van der Waals surface area contributed by atoms with Crippen LogP contribution < -0.4 is 0 Å². The summed E-state index contributed by atoms with van der Waals surface area (Å²) in [6.45, 7) is 3.38. The minimum absolute atomic E-state index is 0.125. The van der Waals surface area contributed by atoms with Crippen molar-refractivity contribution >= 4 is 29.0 Å². The lowest BCUT2D eigenvalue weighted by atomic mass is 10.1. The molecule has 0 atom stereocenters. The van der Waals surface area contributed by atoms with Gasteiger partial charge in [-0.25, -0.2) is 0 Å². The van der Waals surface area contributed by atoms with E-state index in [0.29, 0.717) is 23.3 Å². The summed E-state index contributed by atoms with van der Waals surface area (Å²) < 4.78 is 7.46. The molecule has 0 bridgehead atoms. The molecule has 3 aromatic heterocycles. The molecule has 0 fully saturated rings. The Morgan fingerprint density at radius 1 is 1.20 bits per heavy atom. The van der Waals surface area contributed by atoms with Gasteiger partial charge in [0.15, 0.2) is 11.0 Å². The normalized spacial score (nSPS) is 13.4. The van der Waals surface area contributed by atoms with E-state index in [9.17, 15) is 4.79 Å². The standard InChI is InChI=1S/C22H20N4O2S2/c1-15-18(8-11-28-15)21-23-24-22(26(21)17-5-3-2-4-6-17)30-14-20(27)25-10-7-19-16(13-25)9-12-29-19/h2-6,8-9,11-12H,7,10,13-14H2,1H3. The average Bonchev–Trinajstić information content (AvgIpc) is 3.51. The minimum Gasteiger partial charge on any atom is -0.469 e. The molecule has 0 saturated heterocycles. The monoisotopic (exact) mass is 436 g/mol. The summed E-state index contributed by atoms with van der Waals surface area (Å²) in [6, 6.07) is 14.0. The van der Waals surface area contributed by atoms with E-state index in [1.54, 1.807) is 17.6 Å². The SMILES string of the molecule is Cc1occc1-c1nnc(SCC(=O)N2CCc3sccc3C2)n1-c1ccccc1. The molecule has 0 N–H and O–H groups in total. The number of nitrogens with zero attached hydrogens (tertiary/aromatic N) is 4. The molecule has 5 rings (SSSR count). The first-order valence-electron chi connectivity index (χ1n) is 9.72. The average molecular weight is 437 g/mol. The van der Waals surface area contributed by atoms with Crippen molar-refractivity contribution in [2.24, 2.45) is 0 Å². The summed E-state index contributed by atoms with van der Waals surface area (Å²) in [7, 11) is 0. The van der Waals surface area contributed by atoms with Crippen molar-refractivity contribution in [3.8, 4) is 17.1 Å². The molecule has 1 aliphatic heterocycles. The van der Waals surface area contributed by atoms with Gasteiger partial charge in [-0.2, -0.15) is 0 Å². The van der Waals surface area contributed by atoms with Crippen LogP contribution in [0.4, 0.5) is 0 Å². The van der Waals surface area contributed by atoms with Crippen LogP contribution in [0.1, 0.15) is 16.2 Å². The van der Waals surface area contributed by atoms with E-state index in [4.69, 9.17) is 4.42 Å². The number of hydrogen-bond donors (Lipinski definition) is 0. The number of thiophene rings is 1. The maximum absolute atomic E-state index is 12.9. The summed E-state index contributed by atoms with van der Waals surface area (Å²) in [4.78, 5) is 16.2. The largest absolute Gasteiger partial charge is 0.469 e. The zero-order valence-corrected chi connectivity index (χ0v) is 18.1. The fraction of sp³-hybridized carbons (Fsp3) is 0.227. The fourth-order valence-corrected chi connectivity index (χ4v) is 5.39. The number of furan rings is 1. The van der Waals surface area contributed by atoms with E-state index in [1.165, 1.54) is 22.2 Å². The molecule has 8 heteroatoms. The van der Waals surface area contributed by atoms with E-state index in [-0.39, 0.29) is 5.91 Å². The molecule has 0 aliphatic carbocycles. The van der Waals surface area contributed by atoms with Gasteiger partial charge < -0.3 is 9.32 Å². The molecule has 4 aromatic rings. The third-order valence-electron chi connectivity index (χ3n) is 5.23. The van der Waals surface area contributed by atoms with Crippen LogP contribution in [0.25, 0.3) is 17.1 Å². The molecule has 0 spiro atoms. The third-order valence-corrected chi connectivity index (χ3v) is 7.17. The zero-order chi connectivity index (χ0) is 20.5. The number of rotatable bonds is 5. The Morgan fingerprint density at radius 2 is 2.07 bits per heavy atom. The van der Waals surface area contributed by atoms with Crippen LogP contribution in [0.2, 0.25) is 0 Å². The number of aromatic nitrogens is 3. The Labute approximate surface area is 182 Å². The Bertz CT molecular complexity index is 1180. The predicted octanol–water partition coefficient (Wildman–Crippen LogP) is 4.57. The van der Waals surface area contributed by atoms with Gasteiger partial charge in [-0.3, -0.25) is 9.36 Å². The second kappa shape index (κ2) is 8.12. The number of carbonyl (C=O) groups excluding carboxylic acids is 1. The highest BCUT2D eigenvalue weighted by molar-refractivity contribution is 7.99. The van der Waals surface area contributed by atoms with Gasteiger partial charge in [0, 0.05) is 23.7 Å².